The minimum Gasteiger partial charge on any atom is -0.462 e. The molecule has 2 aliphatic rings. The first-order valence-corrected chi connectivity index (χ1v) is 10.4. The molecule has 0 spiro atoms. The highest BCUT2D eigenvalue weighted by Crippen LogP contribution is 2.42. The van der Waals surface area contributed by atoms with Gasteiger partial charge in [0.1, 0.15) is 0 Å². The number of ether oxygens (including phenoxy) is 1. The smallest absolute Gasteiger partial charge is 0.333 e. The molecule has 0 aliphatic heterocycles. The fourth-order valence-electron chi connectivity index (χ4n) is 4.96. The molecule has 0 aromatic carbocycles. The Morgan fingerprint density at radius 2 is 1.42 bits per heavy atom. The molecule has 0 heterocycles. The molecule has 0 amide bonds. The highest BCUT2D eigenvalue weighted by Gasteiger charge is 2.30. The van der Waals surface area contributed by atoms with Gasteiger partial charge in [0.25, 0.3) is 0 Å². The van der Waals surface area contributed by atoms with Gasteiger partial charge in [-0.25, -0.2) is 4.79 Å². The lowest BCUT2D eigenvalue weighted by atomic mass is 9.68. The van der Waals surface area contributed by atoms with Gasteiger partial charge in [0.05, 0.1) is 6.61 Å². The van der Waals surface area contributed by atoms with Gasteiger partial charge in [0, 0.05) is 5.57 Å². The van der Waals surface area contributed by atoms with Crippen molar-refractivity contribution in [2.45, 2.75) is 90.9 Å². The average molecular weight is 335 g/mol. The van der Waals surface area contributed by atoms with E-state index < -0.39 is 0 Å². The highest BCUT2D eigenvalue weighted by molar-refractivity contribution is 5.86. The van der Waals surface area contributed by atoms with Crippen LogP contribution in [0.2, 0.25) is 0 Å². The summed E-state index contributed by atoms with van der Waals surface area (Å²) < 4.78 is 5.20. The SMILES string of the molecule is C=C(C)C(=O)OCCCC1CCC([C@H]2CC[C@H](CCC)CC2)CC1. The van der Waals surface area contributed by atoms with Crippen LogP contribution in [-0.2, 0) is 9.53 Å². The molecular weight excluding hydrogens is 296 g/mol. The molecule has 0 bridgehead atoms. The van der Waals surface area contributed by atoms with E-state index in [0.717, 1.165) is 30.1 Å². The normalized spacial score (nSPS) is 30.8. The fourth-order valence-corrected chi connectivity index (χ4v) is 4.96. The molecular formula is C22H38O2. The lowest BCUT2D eigenvalue weighted by Gasteiger charge is -2.38. The molecule has 0 aromatic rings. The Kier molecular flexibility index (Phi) is 8.35. The molecule has 2 fully saturated rings. The van der Waals surface area contributed by atoms with Crippen molar-refractivity contribution < 1.29 is 9.53 Å². The van der Waals surface area contributed by atoms with E-state index >= 15 is 0 Å². The van der Waals surface area contributed by atoms with Crippen molar-refractivity contribution in [3.8, 4) is 0 Å². The monoisotopic (exact) mass is 334 g/mol. The summed E-state index contributed by atoms with van der Waals surface area (Å²) in [6.07, 6.45) is 16.7. The third-order valence-electron chi connectivity index (χ3n) is 6.48. The van der Waals surface area contributed by atoms with E-state index in [9.17, 15) is 4.79 Å². The van der Waals surface area contributed by atoms with Crippen molar-refractivity contribution in [1.82, 2.24) is 0 Å². The summed E-state index contributed by atoms with van der Waals surface area (Å²) in [6, 6.07) is 0. The van der Waals surface area contributed by atoms with E-state index in [1.54, 1.807) is 6.92 Å². The van der Waals surface area contributed by atoms with E-state index in [2.05, 4.69) is 13.5 Å². The molecule has 2 saturated carbocycles. The maximum absolute atomic E-state index is 11.4. The highest BCUT2D eigenvalue weighted by atomic mass is 16.5. The molecule has 0 atom stereocenters. The molecule has 0 unspecified atom stereocenters. The van der Waals surface area contributed by atoms with Crippen molar-refractivity contribution >= 4 is 5.97 Å². The number of esters is 1. The maximum Gasteiger partial charge on any atom is 0.333 e. The molecule has 0 aromatic heterocycles. The van der Waals surface area contributed by atoms with Gasteiger partial charge in [-0.3, -0.25) is 0 Å². The van der Waals surface area contributed by atoms with E-state index in [1.807, 2.05) is 0 Å². The van der Waals surface area contributed by atoms with Crippen LogP contribution in [0.15, 0.2) is 12.2 Å². The Balaban J connectivity index is 1.57. The van der Waals surface area contributed by atoms with Crippen molar-refractivity contribution in [2.75, 3.05) is 6.61 Å². The molecule has 0 saturated heterocycles. The van der Waals surface area contributed by atoms with Crippen LogP contribution in [0.5, 0.6) is 0 Å². The summed E-state index contributed by atoms with van der Waals surface area (Å²) in [5, 5.41) is 0. The topological polar surface area (TPSA) is 26.3 Å². The first kappa shape index (κ1) is 19.5. The Bertz CT molecular complexity index is 385. The predicted molar refractivity (Wildman–Crippen MR) is 101 cm³/mol. The van der Waals surface area contributed by atoms with Gasteiger partial charge in [-0.05, 0) is 69.1 Å². The van der Waals surface area contributed by atoms with Crippen molar-refractivity contribution in [1.29, 1.82) is 0 Å². The van der Waals surface area contributed by atoms with E-state index in [1.165, 1.54) is 70.6 Å². The number of carbonyl (C=O) groups is 1. The lowest BCUT2D eigenvalue weighted by molar-refractivity contribution is -0.139. The Morgan fingerprint density at radius 1 is 0.917 bits per heavy atom. The minimum absolute atomic E-state index is 0.239. The van der Waals surface area contributed by atoms with Crippen LogP contribution in [0.25, 0.3) is 0 Å². The van der Waals surface area contributed by atoms with Gasteiger partial charge in [-0.1, -0.05) is 52.0 Å². The number of hydrogen-bond donors (Lipinski definition) is 0. The van der Waals surface area contributed by atoms with Gasteiger partial charge < -0.3 is 4.74 Å². The third kappa shape index (κ3) is 6.26. The lowest BCUT2D eigenvalue weighted by Crippen LogP contribution is -2.26. The summed E-state index contributed by atoms with van der Waals surface area (Å²) in [6.45, 7) is 8.21. The van der Waals surface area contributed by atoms with Crippen LogP contribution in [0, 0.1) is 23.7 Å². The quantitative estimate of drug-likeness (QED) is 0.296. The predicted octanol–water partition coefficient (Wildman–Crippen LogP) is 6.30. The van der Waals surface area contributed by atoms with Gasteiger partial charge in [-0.2, -0.15) is 0 Å². The summed E-state index contributed by atoms with van der Waals surface area (Å²) in [4.78, 5) is 11.4. The van der Waals surface area contributed by atoms with Crippen LogP contribution < -0.4 is 0 Å². The molecule has 0 N–H and O–H groups in total. The second-order valence-electron chi connectivity index (χ2n) is 8.41. The van der Waals surface area contributed by atoms with Crippen LogP contribution in [-0.4, -0.2) is 12.6 Å². The summed E-state index contributed by atoms with van der Waals surface area (Å²) in [7, 11) is 0. The Hall–Kier alpha value is -0.790. The van der Waals surface area contributed by atoms with E-state index in [4.69, 9.17) is 4.74 Å². The minimum atomic E-state index is -0.239. The van der Waals surface area contributed by atoms with Crippen molar-refractivity contribution in [3.63, 3.8) is 0 Å². The average Bonchev–Trinajstić information content (AvgIpc) is 2.60. The van der Waals surface area contributed by atoms with Crippen molar-refractivity contribution in [3.05, 3.63) is 12.2 Å². The molecule has 138 valence electrons. The van der Waals surface area contributed by atoms with Crippen LogP contribution >= 0.6 is 0 Å². The van der Waals surface area contributed by atoms with Crippen LogP contribution in [0.4, 0.5) is 0 Å². The van der Waals surface area contributed by atoms with E-state index in [0.29, 0.717) is 12.2 Å². The van der Waals surface area contributed by atoms with Gasteiger partial charge in [-0.15, -0.1) is 0 Å². The largest absolute Gasteiger partial charge is 0.462 e. The second-order valence-corrected chi connectivity index (χ2v) is 8.41. The van der Waals surface area contributed by atoms with Crippen LogP contribution in [0.3, 0.4) is 0 Å². The Morgan fingerprint density at radius 3 is 1.88 bits per heavy atom. The summed E-state index contributed by atoms with van der Waals surface area (Å²) in [5.41, 5.74) is 0.504. The molecule has 0 radical (unpaired) electrons. The second kappa shape index (κ2) is 10.3. The van der Waals surface area contributed by atoms with Gasteiger partial charge in [0.2, 0.25) is 0 Å². The molecule has 2 aliphatic carbocycles. The summed E-state index contributed by atoms with van der Waals surface area (Å²) in [5.74, 6) is 3.68. The zero-order valence-corrected chi connectivity index (χ0v) is 16.0. The number of carbonyl (C=O) groups excluding carboxylic acids is 1. The molecule has 24 heavy (non-hydrogen) atoms. The van der Waals surface area contributed by atoms with E-state index in [-0.39, 0.29) is 5.97 Å². The molecule has 2 rings (SSSR count). The summed E-state index contributed by atoms with van der Waals surface area (Å²) >= 11 is 0. The molecule has 2 nitrogen and oxygen atoms in total. The Labute approximate surface area is 149 Å². The first-order valence-electron chi connectivity index (χ1n) is 10.4. The zero-order valence-electron chi connectivity index (χ0n) is 16.0. The van der Waals surface area contributed by atoms with Crippen molar-refractivity contribution in [2.24, 2.45) is 23.7 Å². The standard InChI is InChI=1S/C22H38O2/c1-4-6-18-8-12-20(13-9-18)21-14-10-19(11-15-21)7-5-16-24-22(23)17(2)3/h18-21H,2,4-16H2,1,3H3/t18-,19?,20-,21?. The fraction of sp³-hybridized carbons (Fsp3) is 0.864. The third-order valence-corrected chi connectivity index (χ3v) is 6.48. The zero-order chi connectivity index (χ0) is 17.4. The van der Waals surface area contributed by atoms with Gasteiger partial charge >= 0.3 is 5.97 Å². The molecule has 2 heteroatoms. The number of rotatable bonds is 8. The number of hydrogen-bond acceptors (Lipinski definition) is 2. The maximum atomic E-state index is 11.4. The van der Waals surface area contributed by atoms with Gasteiger partial charge in [0.15, 0.2) is 0 Å². The first-order chi connectivity index (χ1) is 11.6. The van der Waals surface area contributed by atoms with Crippen LogP contribution in [0.1, 0.15) is 90.9 Å².